The van der Waals surface area contributed by atoms with Crippen LogP contribution in [0.15, 0.2) is 24.3 Å². The van der Waals surface area contributed by atoms with Crippen LogP contribution in [0.4, 0.5) is 4.39 Å². The van der Waals surface area contributed by atoms with Gasteiger partial charge in [-0.1, -0.05) is 26.0 Å². The maximum atomic E-state index is 13.1. The van der Waals surface area contributed by atoms with Gasteiger partial charge in [-0.2, -0.15) is 0 Å². The van der Waals surface area contributed by atoms with Crippen LogP contribution >= 0.6 is 0 Å². The first kappa shape index (κ1) is 11.6. The van der Waals surface area contributed by atoms with Gasteiger partial charge in [-0.3, -0.25) is 0 Å². The van der Waals surface area contributed by atoms with Crippen molar-refractivity contribution in [3.63, 3.8) is 0 Å². The Balaban J connectivity index is 1.99. The summed E-state index contributed by atoms with van der Waals surface area (Å²) >= 11 is 0. The van der Waals surface area contributed by atoms with E-state index in [0.717, 1.165) is 11.8 Å². The lowest BCUT2D eigenvalue weighted by molar-refractivity contribution is 0.258. The van der Waals surface area contributed by atoms with Crippen molar-refractivity contribution in [3.8, 4) is 0 Å². The van der Waals surface area contributed by atoms with Gasteiger partial charge in [-0.15, -0.1) is 0 Å². The van der Waals surface area contributed by atoms with Crippen LogP contribution in [-0.4, -0.2) is 0 Å². The standard InChI is InChI=1S/C15H21F/c1-11(2)12-6-8-13(9-7-12)14-4-3-5-15(16)10-14/h3-5,10-13H,6-9H2,1-2H3. The summed E-state index contributed by atoms with van der Waals surface area (Å²) in [5, 5.41) is 0. The molecule has 1 aliphatic rings. The molecule has 0 nitrogen and oxygen atoms in total. The fraction of sp³-hybridized carbons (Fsp3) is 0.600. The third kappa shape index (κ3) is 2.63. The Bertz CT molecular complexity index is 335. The minimum atomic E-state index is -0.0940. The number of hydrogen-bond acceptors (Lipinski definition) is 0. The Labute approximate surface area is 97.9 Å². The second-order valence-electron chi connectivity index (χ2n) is 5.41. The maximum absolute atomic E-state index is 13.1. The molecule has 0 atom stereocenters. The summed E-state index contributed by atoms with van der Waals surface area (Å²) in [6, 6.07) is 7.15. The van der Waals surface area contributed by atoms with E-state index in [1.807, 2.05) is 6.07 Å². The van der Waals surface area contributed by atoms with Gasteiger partial charge >= 0.3 is 0 Å². The number of benzene rings is 1. The minimum absolute atomic E-state index is 0.0940. The molecule has 1 fully saturated rings. The molecule has 0 amide bonds. The average Bonchev–Trinajstić information content (AvgIpc) is 2.29. The molecule has 1 aromatic carbocycles. The first-order chi connectivity index (χ1) is 7.66. The molecule has 0 unspecified atom stereocenters. The van der Waals surface area contributed by atoms with Crippen LogP contribution in [0.2, 0.25) is 0 Å². The highest BCUT2D eigenvalue weighted by atomic mass is 19.1. The van der Waals surface area contributed by atoms with Gasteiger partial charge in [0.25, 0.3) is 0 Å². The Hall–Kier alpha value is -0.850. The third-order valence-corrected chi connectivity index (χ3v) is 4.03. The van der Waals surface area contributed by atoms with Crippen molar-refractivity contribution in [1.29, 1.82) is 0 Å². The average molecular weight is 220 g/mol. The molecule has 0 N–H and O–H groups in total. The topological polar surface area (TPSA) is 0 Å². The van der Waals surface area contributed by atoms with Crippen LogP contribution in [-0.2, 0) is 0 Å². The third-order valence-electron chi connectivity index (χ3n) is 4.03. The maximum Gasteiger partial charge on any atom is 0.123 e. The monoisotopic (exact) mass is 220 g/mol. The molecule has 2 rings (SSSR count). The van der Waals surface area contributed by atoms with Crippen LogP contribution in [0.5, 0.6) is 0 Å². The van der Waals surface area contributed by atoms with E-state index >= 15 is 0 Å². The Morgan fingerprint density at radius 1 is 1.12 bits per heavy atom. The lowest BCUT2D eigenvalue weighted by Crippen LogP contribution is -2.17. The molecule has 1 aromatic rings. The highest BCUT2D eigenvalue weighted by molar-refractivity contribution is 5.21. The summed E-state index contributed by atoms with van der Waals surface area (Å²) in [5.41, 5.74) is 1.20. The molecule has 0 bridgehead atoms. The van der Waals surface area contributed by atoms with Crippen molar-refractivity contribution >= 4 is 0 Å². The Morgan fingerprint density at radius 3 is 2.38 bits per heavy atom. The lowest BCUT2D eigenvalue weighted by Gasteiger charge is -2.31. The van der Waals surface area contributed by atoms with Gasteiger partial charge in [0.2, 0.25) is 0 Å². The summed E-state index contributed by atoms with van der Waals surface area (Å²) in [6.07, 6.45) is 5.07. The van der Waals surface area contributed by atoms with Gasteiger partial charge in [-0.25, -0.2) is 4.39 Å². The highest BCUT2D eigenvalue weighted by Crippen LogP contribution is 2.38. The molecule has 0 saturated heterocycles. The van der Waals surface area contributed by atoms with Gasteiger partial charge in [0, 0.05) is 0 Å². The van der Waals surface area contributed by atoms with Crippen molar-refractivity contribution < 1.29 is 4.39 Å². The molecule has 0 heterocycles. The zero-order valence-corrected chi connectivity index (χ0v) is 10.2. The fourth-order valence-corrected chi connectivity index (χ4v) is 2.88. The molecule has 0 aromatic heterocycles. The summed E-state index contributed by atoms with van der Waals surface area (Å²) in [4.78, 5) is 0. The molecule has 0 aliphatic heterocycles. The van der Waals surface area contributed by atoms with Crippen molar-refractivity contribution in [2.75, 3.05) is 0 Å². The quantitative estimate of drug-likeness (QED) is 0.674. The minimum Gasteiger partial charge on any atom is -0.207 e. The summed E-state index contributed by atoms with van der Waals surface area (Å²) < 4.78 is 13.1. The smallest absolute Gasteiger partial charge is 0.123 e. The van der Waals surface area contributed by atoms with Gasteiger partial charge in [0.1, 0.15) is 5.82 Å². The number of halogens is 1. The van der Waals surface area contributed by atoms with E-state index in [1.54, 1.807) is 6.07 Å². The van der Waals surface area contributed by atoms with Crippen LogP contribution in [0.1, 0.15) is 51.0 Å². The van der Waals surface area contributed by atoms with E-state index in [-0.39, 0.29) is 5.82 Å². The number of rotatable bonds is 2. The second kappa shape index (κ2) is 4.99. The molecule has 0 radical (unpaired) electrons. The molecular weight excluding hydrogens is 199 g/mol. The van der Waals surface area contributed by atoms with E-state index in [4.69, 9.17) is 0 Å². The van der Waals surface area contributed by atoms with Crippen molar-refractivity contribution in [1.82, 2.24) is 0 Å². The summed E-state index contributed by atoms with van der Waals surface area (Å²) in [7, 11) is 0. The summed E-state index contributed by atoms with van der Waals surface area (Å²) in [5.74, 6) is 2.17. The van der Waals surface area contributed by atoms with Crippen LogP contribution in [0.3, 0.4) is 0 Å². The van der Waals surface area contributed by atoms with Gasteiger partial charge < -0.3 is 0 Å². The highest BCUT2D eigenvalue weighted by Gasteiger charge is 2.24. The van der Waals surface area contributed by atoms with Crippen molar-refractivity contribution in [3.05, 3.63) is 35.6 Å². The SMILES string of the molecule is CC(C)C1CCC(c2cccc(F)c2)CC1. The Morgan fingerprint density at radius 2 is 1.81 bits per heavy atom. The molecule has 1 heteroatoms. The predicted molar refractivity (Wildman–Crippen MR) is 65.9 cm³/mol. The Kier molecular flexibility index (Phi) is 3.63. The van der Waals surface area contributed by atoms with E-state index in [9.17, 15) is 4.39 Å². The molecular formula is C15H21F. The van der Waals surface area contributed by atoms with Crippen LogP contribution < -0.4 is 0 Å². The molecule has 1 aliphatic carbocycles. The zero-order chi connectivity index (χ0) is 11.5. The van der Waals surface area contributed by atoms with E-state index in [1.165, 1.54) is 37.3 Å². The van der Waals surface area contributed by atoms with Crippen molar-refractivity contribution in [2.24, 2.45) is 11.8 Å². The van der Waals surface area contributed by atoms with Crippen LogP contribution in [0.25, 0.3) is 0 Å². The fourth-order valence-electron chi connectivity index (χ4n) is 2.88. The second-order valence-corrected chi connectivity index (χ2v) is 5.41. The molecule has 0 spiro atoms. The van der Waals surface area contributed by atoms with Gasteiger partial charge in [0.05, 0.1) is 0 Å². The largest absolute Gasteiger partial charge is 0.207 e. The molecule has 88 valence electrons. The predicted octanol–water partition coefficient (Wildman–Crippen LogP) is 4.76. The zero-order valence-electron chi connectivity index (χ0n) is 10.2. The van der Waals surface area contributed by atoms with Gasteiger partial charge in [0.15, 0.2) is 0 Å². The number of hydrogen-bond donors (Lipinski definition) is 0. The van der Waals surface area contributed by atoms with E-state index < -0.39 is 0 Å². The van der Waals surface area contributed by atoms with Gasteiger partial charge in [-0.05, 0) is 61.1 Å². The lowest BCUT2D eigenvalue weighted by atomic mass is 9.75. The first-order valence-corrected chi connectivity index (χ1v) is 6.42. The first-order valence-electron chi connectivity index (χ1n) is 6.42. The normalized spacial score (nSPS) is 26.0. The van der Waals surface area contributed by atoms with Crippen LogP contribution in [0, 0.1) is 17.7 Å². The van der Waals surface area contributed by atoms with E-state index in [0.29, 0.717) is 5.92 Å². The van der Waals surface area contributed by atoms with E-state index in [2.05, 4.69) is 19.9 Å². The van der Waals surface area contributed by atoms with Crippen molar-refractivity contribution in [2.45, 2.75) is 45.4 Å². The molecule has 16 heavy (non-hydrogen) atoms. The molecule has 1 saturated carbocycles. The summed E-state index contributed by atoms with van der Waals surface area (Å²) in [6.45, 7) is 4.63.